The van der Waals surface area contributed by atoms with Gasteiger partial charge in [0, 0.05) is 5.56 Å². The number of hydrogen-bond donors (Lipinski definition) is 1. The second-order valence-electron chi connectivity index (χ2n) is 6.87. The first kappa shape index (κ1) is 16.4. The smallest absolute Gasteiger partial charge is 0.119 e. The zero-order valence-electron chi connectivity index (χ0n) is 13.9. The Hall–Kier alpha value is -0.980. The van der Waals surface area contributed by atoms with Crippen molar-refractivity contribution in [2.24, 2.45) is 0 Å². The summed E-state index contributed by atoms with van der Waals surface area (Å²) in [6.45, 7) is 4.60. The Bertz CT molecular complexity index is 418. The van der Waals surface area contributed by atoms with Crippen molar-refractivity contribution in [2.45, 2.75) is 89.9 Å². The Balaban J connectivity index is 2.08. The lowest BCUT2D eigenvalue weighted by Gasteiger charge is -2.27. The molecule has 118 valence electrons. The van der Waals surface area contributed by atoms with Gasteiger partial charge in [-0.15, -0.1) is 0 Å². The molecule has 1 N–H and O–H groups in total. The number of benzene rings is 1. The number of phenols is 1. The maximum absolute atomic E-state index is 10.4. The fraction of sp³-hybridized carbons (Fsp3) is 0.700. The largest absolute Gasteiger partial charge is 0.508 e. The molecule has 2 rings (SSSR count). The minimum Gasteiger partial charge on any atom is -0.508 e. The summed E-state index contributed by atoms with van der Waals surface area (Å²) >= 11 is 0. The molecular formula is C20H32O. The lowest BCUT2D eigenvalue weighted by Crippen LogP contribution is -2.09. The summed E-state index contributed by atoms with van der Waals surface area (Å²) < 4.78 is 0. The predicted molar refractivity (Wildman–Crippen MR) is 91.1 cm³/mol. The Morgan fingerprint density at radius 2 is 1.86 bits per heavy atom. The first-order valence-electron chi connectivity index (χ1n) is 9.05. The highest BCUT2D eigenvalue weighted by Crippen LogP contribution is 2.42. The van der Waals surface area contributed by atoms with Crippen LogP contribution >= 0.6 is 0 Å². The normalized spacial score (nSPS) is 17.8. The van der Waals surface area contributed by atoms with Crippen LogP contribution in [-0.4, -0.2) is 5.11 Å². The van der Waals surface area contributed by atoms with E-state index in [2.05, 4.69) is 19.9 Å². The van der Waals surface area contributed by atoms with Gasteiger partial charge < -0.3 is 5.11 Å². The molecule has 1 nitrogen and oxygen atoms in total. The molecule has 1 atom stereocenters. The third kappa shape index (κ3) is 4.49. The molecule has 0 radical (unpaired) electrons. The van der Waals surface area contributed by atoms with Crippen molar-refractivity contribution in [3.05, 3.63) is 29.3 Å². The fourth-order valence-corrected chi connectivity index (χ4v) is 3.87. The topological polar surface area (TPSA) is 20.2 Å². The third-order valence-electron chi connectivity index (χ3n) is 5.15. The van der Waals surface area contributed by atoms with Gasteiger partial charge in [-0.2, -0.15) is 0 Å². The standard InChI is InChI=1S/C20H32O/c1-3-4-5-7-11-16(2)18-14-10-15-19(21)20(18)17-12-8-6-9-13-17/h10,14-17,21H,3-9,11-13H2,1-2H3. The van der Waals surface area contributed by atoms with E-state index in [-0.39, 0.29) is 0 Å². The highest BCUT2D eigenvalue weighted by Gasteiger charge is 2.23. The van der Waals surface area contributed by atoms with Crippen LogP contribution in [0, 0.1) is 0 Å². The highest BCUT2D eigenvalue weighted by atomic mass is 16.3. The van der Waals surface area contributed by atoms with Gasteiger partial charge in [-0.05, 0) is 42.7 Å². The van der Waals surface area contributed by atoms with E-state index in [4.69, 9.17) is 0 Å². The van der Waals surface area contributed by atoms with Crippen molar-refractivity contribution >= 4 is 0 Å². The maximum Gasteiger partial charge on any atom is 0.119 e. The summed E-state index contributed by atoms with van der Waals surface area (Å²) in [4.78, 5) is 0. The second kappa shape index (κ2) is 8.46. The van der Waals surface area contributed by atoms with Gasteiger partial charge in [-0.3, -0.25) is 0 Å². The molecule has 1 heteroatoms. The molecule has 0 amide bonds. The molecule has 0 heterocycles. The third-order valence-corrected chi connectivity index (χ3v) is 5.15. The van der Waals surface area contributed by atoms with Crippen LogP contribution in [0.2, 0.25) is 0 Å². The first-order valence-corrected chi connectivity index (χ1v) is 9.05. The summed E-state index contributed by atoms with van der Waals surface area (Å²) in [5.74, 6) is 1.71. The van der Waals surface area contributed by atoms with Gasteiger partial charge in [0.1, 0.15) is 5.75 Å². The van der Waals surface area contributed by atoms with E-state index in [9.17, 15) is 5.11 Å². The van der Waals surface area contributed by atoms with Gasteiger partial charge in [-0.25, -0.2) is 0 Å². The molecular weight excluding hydrogens is 256 g/mol. The Morgan fingerprint density at radius 1 is 1.10 bits per heavy atom. The molecule has 0 spiro atoms. The van der Waals surface area contributed by atoms with Crippen molar-refractivity contribution in [3.8, 4) is 5.75 Å². The zero-order chi connectivity index (χ0) is 15.1. The Kier molecular flexibility index (Phi) is 6.60. The van der Waals surface area contributed by atoms with Crippen molar-refractivity contribution in [1.82, 2.24) is 0 Å². The monoisotopic (exact) mass is 288 g/mol. The number of hydrogen-bond acceptors (Lipinski definition) is 1. The van der Waals surface area contributed by atoms with Crippen LogP contribution in [0.1, 0.15) is 101 Å². The molecule has 0 aromatic heterocycles. The zero-order valence-corrected chi connectivity index (χ0v) is 13.9. The maximum atomic E-state index is 10.4. The van der Waals surface area contributed by atoms with Crippen molar-refractivity contribution in [1.29, 1.82) is 0 Å². The summed E-state index contributed by atoms with van der Waals surface area (Å²) in [7, 11) is 0. The summed E-state index contributed by atoms with van der Waals surface area (Å²) in [5, 5.41) is 10.4. The van der Waals surface area contributed by atoms with Crippen LogP contribution in [-0.2, 0) is 0 Å². The van der Waals surface area contributed by atoms with E-state index in [1.54, 1.807) is 0 Å². The van der Waals surface area contributed by atoms with Crippen LogP contribution in [0.4, 0.5) is 0 Å². The molecule has 21 heavy (non-hydrogen) atoms. The molecule has 0 aliphatic heterocycles. The van der Waals surface area contributed by atoms with Gasteiger partial charge in [0.25, 0.3) is 0 Å². The van der Waals surface area contributed by atoms with Crippen molar-refractivity contribution in [2.75, 3.05) is 0 Å². The van der Waals surface area contributed by atoms with Crippen LogP contribution in [0.25, 0.3) is 0 Å². The molecule has 1 aromatic carbocycles. The molecule has 1 aliphatic rings. The molecule has 0 bridgehead atoms. The number of aromatic hydroxyl groups is 1. The van der Waals surface area contributed by atoms with Gasteiger partial charge in [0.2, 0.25) is 0 Å². The van der Waals surface area contributed by atoms with Crippen LogP contribution in [0.15, 0.2) is 18.2 Å². The van der Waals surface area contributed by atoms with E-state index in [1.807, 2.05) is 12.1 Å². The number of phenolic OH excluding ortho intramolecular Hbond substituents is 1. The van der Waals surface area contributed by atoms with Crippen LogP contribution in [0.5, 0.6) is 5.75 Å². The van der Waals surface area contributed by atoms with Crippen molar-refractivity contribution in [3.63, 3.8) is 0 Å². The van der Waals surface area contributed by atoms with E-state index in [0.29, 0.717) is 17.6 Å². The predicted octanol–water partition coefficient (Wildman–Crippen LogP) is 6.51. The highest BCUT2D eigenvalue weighted by molar-refractivity contribution is 5.43. The first-order chi connectivity index (χ1) is 10.2. The van der Waals surface area contributed by atoms with Gasteiger partial charge in [-0.1, -0.05) is 70.9 Å². The second-order valence-corrected chi connectivity index (χ2v) is 6.87. The fourth-order valence-electron chi connectivity index (χ4n) is 3.87. The van der Waals surface area contributed by atoms with E-state index >= 15 is 0 Å². The lowest BCUT2D eigenvalue weighted by molar-refractivity contribution is 0.409. The molecule has 1 aliphatic carbocycles. The summed E-state index contributed by atoms with van der Waals surface area (Å²) in [6.07, 6.45) is 13.1. The van der Waals surface area contributed by atoms with E-state index in [0.717, 1.165) is 0 Å². The molecule has 1 unspecified atom stereocenters. The quantitative estimate of drug-likeness (QED) is 0.567. The molecule has 0 saturated heterocycles. The average Bonchev–Trinajstić information content (AvgIpc) is 2.52. The van der Waals surface area contributed by atoms with Gasteiger partial charge in [0.05, 0.1) is 0 Å². The van der Waals surface area contributed by atoms with Crippen molar-refractivity contribution < 1.29 is 5.11 Å². The molecule has 1 aromatic rings. The summed E-state index contributed by atoms with van der Waals surface area (Å²) in [5.41, 5.74) is 2.69. The molecule has 1 fully saturated rings. The average molecular weight is 288 g/mol. The Morgan fingerprint density at radius 3 is 2.57 bits per heavy atom. The van der Waals surface area contributed by atoms with Crippen LogP contribution in [0.3, 0.4) is 0 Å². The SMILES string of the molecule is CCCCCCC(C)c1cccc(O)c1C1CCCCC1. The number of rotatable bonds is 7. The minimum atomic E-state index is 0.541. The Labute approximate surface area is 130 Å². The lowest BCUT2D eigenvalue weighted by atomic mass is 9.78. The van der Waals surface area contributed by atoms with Crippen LogP contribution < -0.4 is 0 Å². The summed E-state index contributed by atoms with van der Waals surface area (Å²) in [6, 6.07) is 6.17. The van der Waals surface area contributed by atoms with Gasteiger partial charge in [0.15, 0.2) is 0 Å². The molecule has 1 saturated carbocycles. The number of unbranched alkanes of at least 4 members (excludes halogenated alkanes) is 3. The van der Waals surface area contributed by atoms with E-state index < -0.39 is 0 Å². The van der Waals surface area contributed by atoms with Gasteiger partial charge >= 0.3 is 0 Å². The van der Waals surface area contributed by atoms with E-state index in [1.165, 1.54) is 75.3 Å². The minimum absolute atomic E-state index is 0.541.